The first-order valence-electron chi connectivity index (χ1n) is 7.68. The van der Waals surface area contributed by atoms with Gasteiger partial charge in [0.15, 0.2) is 5.17 Å². The van der Waals surface area contributed by atoms with Gasteiger partial charge in [0.2, 0.25) is 11.8 Å². The van der Waals surface area contributed by atoms with Gasteiger partial charge in [0, 0.05) is 17.1 Å². The molecule has 25 heavy (non-hydrogen) atoms. The van der Waals surface area contributed by atoms with Gasteiger partial charge in [-0.2, -0.15) is 0 Å². The predicted molar refractivity (Wildman–Crippen MR) is 102 cm³/mol. The lowest BCUT2D eigenvalue weighted by Crippen LogP contribution is -2.28. The summed E-state index contributed by atoms with van der Waals surface area (Å²) in [6, 6.07) is 14.5. The summed E-state index contributed by atoms with van der Waals surface area (Å²) in [5.74, 6) is -0.414. The zero-order valence-corrected chi connectivity index (χ0v) is 15.0. The van der Waals surface area contributed by atoms with Crippen molar-refractivity contribution in [1.82, 2.24) is 5.32 Å². The number of amidine groups is 1. The maximum atomic E-state index is 12.2. The van der Waals surface area contributed by atoms with Crippen molar-refractivity contribution in [3.63, 3.8) is 0 Å². The van der Waals surface area contributed by atoms with Gasteiger partial charge in [0.25, 0.3) is 0 Å². The smallest absolute Gasteiger partial charge is 0.240 e. The summed E-state index contributed by atoms with van der Waals surface area (Å²) in [6.45, 7) is 1.95. The lowest BCUT2D eigenvalue weighted by atomic mass is 10.2. The summed E-state index contributed by atoms with van der Waals surface area (Å²) in [5, 5.41) is 6.14. The van der Waals surface area contributed by atoms with Crippen LogP contribution in [0.4, 0.5) is 11.4 Å². The number of nitrogens with zero attached hydrogens (tertiary/aromatic N) is 1. The molecule has 0 bridgehead atoms. The molecule has 1 aliphatic rings. The van der Waals surface area contributed by atoms with E-state index < -0.39 is 5.25 Å². The van der Waals surface area contributed by atoms with Crippen LogP contribution in [0.25, 0.3) is 0 Å². The molecule has 1 aliphatic heterocycles. The Hall–Kier alpha value is -2.31. The number of rotatable bonds is 4. The second-order valence-corrected chi connectivity index (χ2v) is 7.24. The summed E-state index contributed by atoms with van der Waals surface area (Å²) in [4.78, 5) is 28.6. The Bertz CT molecular complexity index is 836. The van der Waals surface area contributed by atoms with Gasteiger partial charge in [-0.3, -0.25) is 9.59 Å². The van der Waals surface area contributed by atoms with Crippen molar-refractivity contribution in [3.05, 3.63) is 59.1 Å². The molecule has 128 valence electrons. The number of aryl methyl sites for hydroxylation is 1. The molecule has 1 fully saturated rings. The minimum Gasteiger partial charge on any atom is -0.326 e. The number of nitrogens with one attached hydrogen (secondary N) is 2. The highest BCUT2D eigenvalue weighted by atomic mass is 35.5. The van der Waals surface area contributed by atoms with Crippen LogP contribution in [-0.2, 0) is 9.59 Å². The Balaban J connectivity index is 1.61. The van der Waals surface area contributed by atoms with Crippen molar-refractivity contribution in [2.24, 2.45) is 4.99 Å². The molecule has 0 aliphatic carbocycles. The van der Waals surface area contributed by atoms with Gasteiger partial charge >= 0.3 is 0 Å². The van der Waals surface area contributed by atoms with Crippen molar-refractivity contribution in [2.75, 3.05) is 5.32 Å². The maximum Gasteiger partial charge on any atom is 0.240 e. The topological polar surface area (TPSA) is 70.6 Å². The molecule has 1 saturated heterocycles. The number of aliphatic imine (C=N–C) groups is 1. The summed E-state index contributed by atoms with van der Waals surface area (Å²) < 4.78 is 0. The fourth-order valence-corrected chi connectivity index (χ4v) is 3.44. The average Bonchev–Trinajstić information content (AvgIpc) is 2.89. The van der Waals surface area contributed by atoms with Crippen LogP contribution in [0.15, 0.2) is 53.5 Å². The number of halogens is 1. The second-order valence-electron chi connectivity index (χ2n) is 5.61. The van der Waals surface area contributed by atoms with E-state index in [4.69, 9.17) is 11.6 Å². The molecule has 0 saturated carbocycles. The minimum atomic E-state index is -0.490. The highest BCUT2D eigenvalue weighted by molar-refractivity contribution is 8.15. The lowest BCUT2D eigenvalue weighted by molar-refractivity contribution is -0.122. The quantitative estimate of drug-likeness (QED) is 0.853. The number of carbonyl (C=O) groups is 2. The van der Waals surface area contributed by atoms with Crippen LogP contribution in [0.5, 0.6) is 0 Å². The number of anilines is 1. The molecule has 7 heteroatoms. The summed E-state index contributed by atoms with van der Waals surface area (Å²) in [5.41, 5.74) is 2.48. The van der Waals surface area contributed by atoms with E-state index in [0.717, 1.165) is 11.3 Å². The van der Waals surface area contributed by atoms with Crippen LogP contribution in [0, 0.1) is 6.92 Å². The molecular weight excluding hydrogens is 358 g/mol. The first-order chi connectivity index (χ1) is 12.0. The van der Waals surface area contributed by atoms with Gasteiger partial charge in [-0.15, -0.1) is 0 Å². The normalized spacial score (nSPS) is 18.2. The van der Waals surface area contributed by atoms with E-state index in [-0.39, 0.29) is 18.2 Å². The van der Waals surface area contributed by atoms with E-state index >= 15 is 0 Å². The third-order valence-corrected chi connectivity index (χ3v) is 4.84. The summed E-state index contributed by atoms with van der Waals surface area (Å²) in [6.07, 6.45) is 0.0874. The fraction of sp³-hybridized carbons (Fsp3) is 0.167. The number of benzene rings is 2. The fourth-order valence-electron chi connectivity index (χ4n) is 2.33. The zero-order valence-electron chi connectivity index (χ0n) is 13.5. The largest absolute Gasteiger partial charge is 0.326 e. The van der Waals surface area contributed by atoms with E-state index in [2.05, 4.69) is 15.6 Å². The zero-order chi connectivity index (χ0) is 17.8. The molecule has 1 atom stereocenters. The molecule has 1 heterocycles. The molecule has 2 amide bonds. The number of carbonyl (C=O) groups excluding carboxylic acids is 2. The van der Waals surface area contributed by atoms with Crippen molar-refractivity contribution in [3.8, 4) is 0 Å². The number of hydrogen-bond acceptors (Lipinski definition) is 4. The van der Waals surface area contributed by atoms with Gasteiger partial charge in [0.05, 0.1) is 5.69 Å². The Morgan fingerprint density at radius 2 is 2.04 bits per heavy atom. The monoisotopic (exact) mass is 373 g/mol. The predicted octanol–water partition coefficient (Wildman–Crippen LogP) is 3.90. The Labute approximate surface area is 154 Å². The van der Waals surface area contributed by atoms with Crippen molar-refractivity contribution in [2.45, 2.75) is 18.6 Å². The third-order valence-electron chi connectivity index (χ3n) is 3.51. The maximum absolute atomic E-state index is 12.2. The van der Waals surface area contributed by atoms with Crippen molar-refractivity contribution in [1.29, 1.82) is 0 Å². The lowest BCUT2D eigenvalue weighted by Gasteiger charge is -2.07. The van der Waals surface area contributed by atoms with Crippen LogP contribution < -0.4 is 10.6 Å². The molecule has 0 aromatic heterocycles. The molecule has 2 aromatic rings. The SMILES string of the molecule is Cc1cccc(NC(=O)CC2SC(=Nc3ccc(Cl)cc3)NC2=O)c1. The number of thioether (sulfide) groups is 1. The summed E-state index contributed by atoms with van der Waals surface area (Å²) >= 11 is 7.10. The molecule has 1 unspecified atom stereocenters. The molecule has 0 spiro atoms. The third kappa shape index (κ3) is 4.84. The van der Waals surface area contributed by atoms with Crippen LogP contribution in [0.1, 0.15) is 12.0 Å². The Kier molecular flexibility index (Phi) is 5.40. The molecule has 5 nitrogen and oxygen atoms in total. The van der Waals surface area contributed by atoms with Crippen LogP contribution in [0.3, 0.4) is 0 Å². The van der Waals surface area contributed by atoms with E-state index in [1.54, 1.807) is 24.3 Å². The minimum absolute atomic E-state index is 0.0874. The first kappa shape index (κ1) is 17.5. The van der Waals surface area contributed by atoms with E-state index in [0.29, 0.717) is 15.9 Å². The second kappa shape index (κ2) is 7.72. The Morgan fingerprint density at radius 1 is 1.28 bits per heavy atom. The average molecular weight is 374 g/mol. The van der Waals surface area contributed by atoms with Gasteiger partial charge < -0.3 is 10.6 Å². The highest BCUT2D eigenvalue weighted by Gasteiger charge is 2.32. The van der Waals surface area contributed by atoms with Gasteiger partial charge in [-0.25, -0.2) is 4.99 Å². The van der Waals surface area contributed by atoms with Crippen molar-refractivity contribution < 1.29 is 9.59 Å². The molecule has 2 N–H and O–H groups in total. The highest BCUT2D eigenvalue weighted by Crippen LogP contribution is 2.26. The van der Waals surface area contributed by atoms with E-state index in [1.807, 2.05) is 31.2 Å². The van der Waals surface area contributed by atoms with Crippen LogP contribution >= 0.6 is 23.4 Å². The van der Waals surface area contributed by atoms with E-state index in [9.17, 15) is 9.59 Å². The van der Waals surface area contributed by atoms with Crippen LogP contribution in [-0.4, -0.2) is 22.2 Å². The standard InChI is InChI=1S/C18H16ClN3O2S/c1-11-3-2-4-14(9-11)20-16(23)10-15-17(24)22-18(25-15)21-13-7-5-12(19)6-8-13/h2-9,15H,10H2,1H3,(H,20,23)(H,21,22,24). The summed E-state index contributed by atoms with van der Waals surface area (Å²) in [7, 11) is 0. The molecule has 2 aromatic carbocycles. The van der Waals surface area contributed by atoms with E-state index in [1.165, 1.54) is 11.8 Å². The molecular formula is C18H16ClN3O2S. The van der Waals surface area contributed by atoms with Crippen LogP contribution in [0.2, 0.25) is 5.02 Å². The van der Waals surface area contributed by atoms with Gasteiger partial charge in [0.1, 0.15) is 5.25 Å². The van der Waals surface area contributed by atoms with Gasteiger partial charge in [-0.05, 0) is 48.9 Å². The Morgan fingerprint density at radius 3 is 2.76 bits per heavy atom. The molecule has 3 rings (SSSR count). The number of amides is 2. The molecule has 0 radical (unpaired) electrons. The number of hydrogen-bond donors (Lipinski definition) is 2. The first-order valence-corrected chi connectivity index (χ1v) is 8.94. The van der Waals surface area contributed by atoms with Gasteiger partial charge in [-0.1, -0.05) is 35.5 Å². The van der Waals surface area contributed by atoms with Crippen molar-refractivity contribution >= 4 is 51.7 Å².